The molecule has 4 heteroatoms. The van der Waals surface area contributed by atoms with Crippen LogP contribution < -0.4 is 4.90 Å². The molecule has 2 rings (SSSR count). The maximum atomic E-state index is 12.9. The average Bonchev–Trinajstić information content (AvgIpc) is 2.32. The highest BCUT2D eigenvalue weighted by Crippen LogP contribution is 2.40. The number of hydrogen-bond donors (Lipinski definition) is 2. The van der Waals surface area contributed by atoms with Crippen molar-refractivity contribution in [2.75, 3.05) is 19.0 Å². The number of anilines is 1. The van der Waals surface area contributed by atoms with Gasteiger partial charge in [-0.15, -0.1) is 0 Å². The van der Waals surface area contributed by atoms with Crippen molar-refractivity contribution in [3.63, 3.8) is 0 Å². The van der Waals surface area contributed by atoms with E-state index in [0.717, 1.165) is 0 Å². The average molecular weight is 247 g/mol. The van der Waals surface area contributed by atoms with Crippen LogP contribution in [0.3, 0.4) is 0 Å². The molecular formula is C14H14FNO2. The van der Waals surface area contributed by atoms with Gasteiger partial charge in [0.2, 0.25) is 0 Å². The number of rotatable bonds is 2. The van der Waals surface area contributed by atoms with E-state index in [4.69, 9.17) is 0 Å². The van der Waals surface area contributed by atoms with Crippen molar-refractivity contribution in [1.29, 1.82) is 0 Å². The predicted octanol–water partition coefficient (Wildman–Crippen LogP) is 2.97. The summed E-state index contributed by atoms with van der Waals surface area (Å²) in [7, 11) is 3.53. The Morgan fingerprint density at radius 2 is 1.61 bits per heavy atom. The van der Waals surface area contributed by atoms with Crippen molar-refractivity contribution in [2.24, 2.45) is 0 Å². The molecule has 2 aromatic rings. The lowest BCUT2D eigenvalue weighted by atomic mass is 10.0. The van der Waals surface area contributed by atoms with Crippen LogP contribution in [0.2, 0.25) is 0 Å². The number of hydrogen-bond acceptors (Lipinski definition) is 3. The first-order valence-electron chi connectivity index (χ1n) is 5.48. The number of aromatic hydroxyl groups is 2. The Morgan fingerprint density at radius 1 is 1.00 bits per heavy atom. The number of halogens is 1. The fourth-order valence-corrected chi connectivity index (χ4v) is 1.79. The Hall–Kier alpha value is -2.23. The van der Waals surface area contributed by atoms with Gasteiger partial charge >= 0.3 is 0 Å². The molecular weight excluding hydrogens is 233 g/mol. The zero-order valence-corrected chi connectivity index (χ0v) is 10.2. The van der Waals surface area contributed by atoms with Crippen LogP contribution in [-0.4, -0.2) is 24.3 Å². The molecule has 3 nitrogen and oxygen atoms in total. The van der Waals surface area contributed by atoms with Gasteiger partial charge in [-0.3, -0.25) is 0 Å². The van der Waals surface area contributed by atoms with Crippen molar-refractivity contribution in [1.82, 2.24) is 0 Å². The molecule has 0 aliphatic carbocycles. The van der Waals surface area contributed by atoms with E-state index in [2.05, 4.69) is 0 Å². The van der Waals surface area contributed by atoms with Crippen molar-refractivity contribution in [3.8, 4) is 22.6 Å². The largest absolute Gasteiger partial charge is 0.508 e. The number of nitrogens with zero attached hydrogens (tertiary/aromatic N) is 1. The quantitative estimate of drug-likeness (QED) is 0.802. The maximum Gasteiger partial charge on any atom is 0.146 e. The Kier molecular flexibility index (Phi) is 3.10. The highest BCUT2D eigenvalue weighted by molar-refractivity contribution is 5.79. The number of phenolic OH excluding ortho intramolecular Hbond substituents is 2. The molecule has 0 fully saturated rings. The van der Waals surface area contributed by atoms with E-state index in [-0.39, 0.29) is 17.3 Å². The van der Waals surface area contributed by atoms with Crippen molar-refractivity contribution in [2.45, 2.75) is 0 Å². The third kappa shape index (κ3) is 2.22. The summed E-state index contributed by atoms with van der Waals surface area (Å²) in [5.41, 5.74) is 1.63. The highest BCUT2D eigenvalue weighted by atomic mass is 19.1. The first-order valence-corrected chi connectivity index (χ1v) is 5.48. The fraction of sp³-hybridized carbons (Fsp3) is 0.143. The van der Waals surface area contributed by atoms with E-state index in [1.54, 1.807) is 31.1 Å². The monoisotopic (exact) mass is 247 g/mol. The topological polar surface area (TPSA) is 43.7 Å². The molecule has 0 aliphatic rings. The lowest BCUT2D eigenvalue weighted by Crippen LogP contribution is -2.08. The van der Waals surface area contributed by atoms with E-state index in [1.165, 1.54) is 24.3 Å². The van der Waals surface area contributed by atoms with Gasteiger partial charge in [0.1, 0.15) is 17.3 Å². The van der Waals surface area contributed by atoms with Gasteiger partial charge in [-0.25, -0.2) is 4.39 Å². The summed E-state index contributed by atoms with van der Waals surface area (Å²) in [6.07, 6.45) is 0. The summed E-state index contributed by atoms with van der Waals surface area (Å²) in [5.74, 6) is -0.230. The summed E-state index contributed by atoms with van der Waals surface area (Å²) in [6, 6.07) is 8.67. The van der Waals surface area contributed by atoms with E-state index >= 15 is 0 Å². The molecule has 0 saturated carbocycles. The highest BCUT2D eigenvalue weighted by Gasteiger charge is 2.13. The molecule has 0 unspecified atom stereocenters. The summed E-state index contributed by atoms with van der Waals surface area (Å²) in [5, 5.41) is 19.8. The molecule has 0 radical (unpaired) electrons. The first kappa shape index (κ1) is 12.2. The molecule has 0 aliphatic heterocycles. The van der Waals surface area contributed by atoms with Gasteiger partial charge in [0.05, 0.1) is 5.69 Å². The molecule has 0 atom stereocenters. The minimum absolute atomic E-state index is 0.0517. The molecule has 2 aromatic carbocycles. The second-order valence-electron chi connectivity index (χ2n) is 4.26. The zero-order chi connectivity index (χ0) is 13.3. The van der Waals surface area contributed by atoms with E-state index in [1.807, 2.05) is 0 Å². The van der Waals surface area contributed by atoms with Crippen LogP contribution in [0.15, 0.2) is 36.4 Å². The molecule has 0 amide bonds. The Bertz CT molecular complexity index is 565. The SMILES string of the molecule is CN(C)c1cc(O)cc(-c2ccc(F)cc2)c1O. The predicted molar refractivity (Wildman–Crippen MR) is 69.5 cm³/mol. The minimum Gasteiger partial charge on any atom is -0.508 e. The van der Waals surface area contributed by atoms with Gasteiger partial charge in [-0.2, -0.15) is 0 Å². The van der Waals surface area contributed by atoms with Crippen LogP contribution in [0.4, 0.5) is 10.1 Å². The van der Waals surface area contributed by atoms with Gasteiger partial charge in [-0.05, 0) is 23.8 Å². The number of phenols is 2. The lowest BCUT2D eigenvalue weighted by molar-refractivity contribution is 0.462. The van der Waals surface area contributed by atoms with Crippen molar-refractivity contribution in [3.05, 3.63) is 42.2 Å². The van der Waals surface area contributed by atoms with Gasteiger partial charge in [-0.1, -0.05) is 12.1 Å². The van der Waals surface area contributed by atoms with Gasteiger partial charge in [0.25, 0.3) is 0 Å². The lowest BCUT2D eigenvalue weighted by Gasteiger charge is -2.17. The van der Waals surface area contributed by atoms with Gasteiger partial charge in [0, 0.05) is 25.7 Å². The third-order valence-electron chi connectivity index (χ3n) is 2.71. The van der Waals surface area contributed by atoms with Gasteiger partial charge < -0.3 is 15.1 Å². The van der Waals surface area contributed by atoms with Gasteiger partial charge in [0.15, 0.2) is 0 Å². The van der Waals surface area contributed by atoms with Crippen LogP contribution in [0.1, 0.15) is 0 Å². The second-order valence-corrected chi connectivity index (χ2v) is 4.26. The molecule has 0 aromatic heterocycles. The van der Waals surface area contributed by atoms with Crippen molar-refractivity contribution < 1.29 is 14.6 Å². The third-order valence-corrected chi connectivity index (χ3v) is 2.71. The minimum atomic E-state index is -0.341. The summed E-state index contributed by atoms with van der Waals surface area (Å²) >= 11 is 0. The van der Waals surface area contributed by atoms with E-state index < -0.39 is 0 Å². The van der Waals surface area contributed by atoms with Crippen molar-refractivity contribution >= 4 is 5.69 Å². The fourth-order valence-electron chi connectivity index (χ4n) is 1.79. The molecule has 18 heavy (non-hydrogen) atoms. The smallest absolute Gasteiger partial charge is 0.146 e. The van der Waals surface area contributed by atoms with Crippen LogP contribution >= 0.6 is 0 Å². The molecule has 94 valence electrons. The number of benzene rings is 2. The molecule has 2 N–H and O–H groups in total. The summed E-state index contributed by atoms with van der Waals surface area (Å²) in [4.78, 5) is 1.70. The molecule has 0 heterocycles. The molecule has 0 bridgehead atoms. The Labute approximate surface area is 105 Å². The molecule has 0 spiro atoms. The normalized spacial score (nSPS) is 10.4. The van der Waals surface area contributed by atoms with E-state index in [9.17, 15) is 14.6 Å². The molecule has 0 saturated heterocycles. The Balaban J connectivity index is 2.60. The summed E-state index contributed by atoms with van der Waals surface area (Å²) in [6.45, 7) is 0. The van der Waals surface area contributed by atoms with Crippen LogP contribution in [-0.2, 0) is 0 Å². The van der Waals surface area contributed by atoms with E-state index in [0.29, 0.717) is 16.8 Å². The first-order chi connectivity index (χ1) is 8.49. The van der Waals surface area contributed by atoms with Crippen LogP contribution in [0.5, 0.6) is 11.5 Å². The zero-order valence-electron chi connectivity index (χ0n) is 10.2. The van der Waals surface area contributed by atoms with Crippen LogP contribution in [0, 0.1) is 5.82 Å². The second kappa shape index (κ2) is 4.56. The van der Waals surface area contributed by atoms with Crippen LogP contribution in [0.25, 0.3) is 11.1 Å². The Morgan fingerprint density at radius 3 is 2.17 bits per heavy atom. The standard InChI is InChI=1S/C14H14FNO2/c1-16(2)13-8-11(17)7-12(14(13)18)9-3-5-10(15)6-4-9/h3-8,17-18H,1-2H3. The maximum absolute atomic E-state index is 12.9. The summed E-state index contributed by atoms with van der Waals surface area (Å²) < 4.78 is 12.9.